The standard InChI is InChI=1S/C14H24O4/c1-2-3-4-11-5-8-14(11,9-6-12(15)16)10-7-13(17)18/h11H,2-10H2,1H3,(H,15,16)(H,17,18). The Kier molecular flexibility index (Phi) is 5.63. The van der Waals surface area contributed by atoms with Crippen LogP contribution >= 0.6 is 0 Å². The van der Waals surface area contributed by atoms with Crippen LogP contribution < -0.4 is 0 Å². The molecule has 0 saturated heterocycles. The minimum atomic E-state index is -0.772. The van der Waals surface area contributed by atoms with Crippen LogP contribution in [0.5, 0.6) is 0 Å². The Morgan fingerprint density at radius 2 is 1.72 bits per heavy atom. The van der Waals surface area contributed by atoms with E-state index >= 15 is 0 Å². The monoisotopic (exact) mass is 256 g/mol. The average Bonchev–Trinajstić information content (AvgIpc) is 2.27. The van der Waals surface area contributed by atoms with Crippen LogP contribution in [-0.2, 0) is 9.59 Å². The van der Waals surface area contributed by atoms with Crippen molar-refractivity contribution in [2.24, 2.45) is 11.3 Å². The molecule has 4 nitrogen and oxygen atoms in total. The quantitative estimate of drug-likeness (QED) is 0.663. The van der Waals surface area contributed by atoms with Crippen LogP contribution in [0.4, 0.5) is 0 Å². The Labute approximate surface area is 108 Å². The lowest BCUT2D eigenvalue weighted by Crippen LogP contribution is -2.41. The van der Waals surface area contributed by atoms with Gasteiger partial charge < -0.3 is 10.2 Å². The first-order valence-electron chi connectivity index (χ1n) is 6.94. The van der Waals surface area contributed by atoms with Gasteiger partial charge in [0.1, 0.15) is 0 Å². The second kappa shape index (κ2) is 6.76. The minimum absolute atomic E-state index is 0.00799. The molecule has 0 aromatic rings. The van der Waals surface area contributed by atoms with Crippen LogP contribution in [0.1, 0.15) is 64.7 Å². The van der Waals surface area contributed by atoms with Gasteiger partial charge in [-0.25, -0.2) is 0 Å². The molecular weight excluding hydrogens is 232 g/mol. The van der Waals surface area contributed by atoms with Crippen molar-refractivity contribution < 1.29 is 19.8 Å². The third-order valence-electron chi connectivity index (χ3n) is 4.44. The molecule has 1 aliphatic carbocycles. The summed E-state index contributed by atoms with van der Waals surface area (Å²) in [6, 6.07) is 0. The summed E-state index contributed by atoms with van der Waals surface area (Å²) < 4.78 is 0. The molecule has 0 bridgehead atoms. The molecule has 1 aliphatic rings. The van der Waals surface area contributed by atoms with E-state index in [1.54, 1.807) is 0 Å². The Morgan fingerprint density at radius 1 is 1.17 bits per heavy atom. The molecule has 4 heteroatoms. The van der Waals surface area contributed by atoms with Gasteiger partial charge in [-0.1, -0.05) is 19.8 Å². The van der Waals surface area contributed by atoms with Crippen LogP contribution in [-0.4, -0.2) is 22.2 Å². The normalized spacial score (nSPS) is 21.3. The van der Waals surface area contributed by atoms with Crippen LogP contribution in [0.2, 0.25) is 0 Å². The fourth-order valence-electron chi connectivity index (χ4n) is 3.15. The molecule has 104 valence electrons. The third-order valence-corrected chi connectivity index (χ3v) is 4.44. The summed E-state index contributed by atoms with van der Waals surface area (Å²) in [5.74, 6) is -1.01. The molecule has 0 spiro atoms. The van der Waals surface area contributed by atoms with Crippen molar-refractivity contribution in [1.29, 1.82) is 0 Å². The van der Waals surface area contributed by atoms with Crippen molar-refractivity contribution >= 4 is 11.9 Å². The molecule has 1 atom stereocenters. The van der Waals surface area contributed by atoms with Gasteiger partial charge in [-0.3, -0.25) is 9.59 Å². The van der Waals surface area contributed by atoms with Crippen molar-refractivity contribution in [2.75, 3.05) is 0 Å². The molecule has 1 fully saturated rings. The van der Waals surface area contributed by atoms with E-state index < -0.39 is 11.9 Å². The summed E-state index contributed by atoms with van der Waals surface area (Å²) in [6.45, 7) is 2.15. The van der Waals surface area contributed by atoms with Crippen molar-refractivity contribution in [1.82, 2.24) is 0 Å². The molecule has 0 aromatic carbocycles. The van der Waals surface area contributed by atoms with Crippen LogP contribution in [0, 0.1) is 11.3 Å². The molecule has 18 heavy (non-hydrogen) atoms. The van der Waals surface area contributed by atoms with Gasteiger partial charge in [-0.05, 0) is 43.4 Å². The fraction of sp³-hybridized carbons (Fsp3) is 0.857. The Hall–Kier alpha value is -1.06. The predicted molar refractivity (Wildman–Crippen MR) is 68.4 cm³/mol. The molecular formula is C14H24O4. The van der Waals surface area contributed by atoms with Crippen molar-refractivity contribution in [3.8, 4) is 0 Å². The fourth-order valence-corrected chi connectivity index (χ4v) is 3.15. The number of carboxylic acids is 2. The number of carbonyl (C=O) groups is 2. The summed E-state index contributed by atoms with van der Waals surface area (Å²) >= 11 is 0. The van der Waals surface area contributed by atoms with E-state index in [2.05, 4.69) is 6.92 Å². The van der Waals surface area contributed by atoms with E-state index in [1.165, 1.54) is 0 Å². The zero-order chi connectivity index (χ0) is 13.6. The first-order valence-corrected chi connectivity index (χ1v) is 6.94. The van der Waals surface area contributed by atoms with E-state index in [9.17, 15) is 9.59 Å². The van der Waals surface area contributed by atoms with Gasteiger partial charge in [0.05, 0.1) is 0 Å². The molecule has 0 aromatic heterocycles. The summed E-state index contributed by atoms with van der Waals surface area (Å²) in [7, 11) is 0. The highest BCUT2D eigenvalue weighted by Gasteiger charge is 2.45. The summed E-state index contributed by atoms with van der Waals surface area (Å²) in [6.07, 6.45) is 7.19. The highest BCUT2D eigenvalue weighted by Crippen LogP contribution is 2.55. The summed E-state index contributed by atoms with van der Waals surface area (Å²) in [5.41, 5.74) is -0.00799. The number of rotatable bonds is 9. The number of carboxylic acid groups (broad SMARTS) is 2. The first-order chi connectivity index (χ1) is 8.50. The first kappa shape index (κ1) is 15.0. The van der Waals surface area contributed by atoms with E-state index in [4.69, 9.17) is 10.2 Å². The number of hydrogen-bond acceptors (Lipinski definition) is 2. The Morgan fingerprint density at radius 3 is 2.06 bits per heavy atom. The molecule has 1 rings (SSSR count). The Balaban J connectivity index is 2.56. The van der Waals surface area contributed by atoms with Gasteiger partial charge in [0, 0.05) is 12.8 Å². The maximum Gasteiger partial charge on any atom is 0.303 e. The summed E-state index contributed by atoms with van der Waals surface area (Å²) in [5, 5.41) is 17.6. The third kappa shape index (κ3) is 4.00. The van der Waals surface area contributed by atoms with Gasteiger partial charge in [0.15, 0.2) is 0 Å². The topological polar surface area (TPSA) is 74.6 Å². The maximum atomic E-state index is 10.7. The van der Waals surface area contributed by atoms with Crippen molar-refractivity contribution in [3.63, 3.8) is 0 Å². The summed E-state index contributed by atoms with van der Waals surface area (Å²) in [4.78, 5) is 21.5. The second-order valence-electron chi connectivity index (χ2n) is 5.53. The molecule has 1 unspecified atom stereocenters. The van der Waals surface area contributed by atoms with E-state index in [0.717, 1.165) is 32.1 Å². The van der Waals surface area contributed by atoms with Crippen LogP contribution in [0.3, 0.4) is 0 Å². The van der Waals surface area contributed by atoms with Gasteiger partial charge in [-0.2, -0.15) is 0 Å². The van der Waals surface area contributed by atoms with E-state index in [-0.39, 0.29) is 18.3 Å². The minimum Gasteiger partial charge on any atom is -0.481 e. The molecule has 0 heterocycles. The molecule has 0 radical (unpaired) electrons. The zero-order valence-electron chi connectivity index (χ0n) is 11.2. The average molecular weight is 256 g/mol. The lowest BCUT2D eigenvalue weighted by Gasteiger charge is -2.50. The maximum absolute atomic E-state index is 10.7. The Bertz CT molecular complexity index is 280. The van der Waals surface area contributed by atoms with Gasteiger partial charge >= 0.3 is 11.9 Å². The largest absolute Gasteiger partial charge is 0.481 e. The number of hydrogen-bond donors (Lipinski definition) is 2. The number of unbranched alkanes of at least 4 members (excludes halogenated alkanes) is 1. The SMILES string of the molecule is CCCCC1CCC1(CCC(=O)O)CCC(=O)O. The van der Waals surface area contributed by atoms with E-state index in [1.807, 2.05) is 0 Å². The lowest BCUT2D eigenvalue weighted by atomic mass is 9.54. The molecule has 1 saturated carbocycles. The van der Waals surface area contributed by atoms with Gasteiger partial charge in [-0.15, -0.1) is 0 Å². The molecule has 2 N–H and O–H groups in total. The van der Waals surface area contributed by atoms with Crippen LogP contribution in [0.25, 0.3) is 0 Å². The zero-order valence-corrected chi connectivity index (χ0v) is 11.2. The predicted octanol–water partition coefficient (Wildman–Crippen LogP) is 3.30. The van der Waals surface area contributed by atoms with Crippen LogP contribution in [0.15, 0.2) is 0 Å². The van der Waals surface area contributed by atoms with Crippen molar-refractivity contribution in [3.05, 3.63) is 0 Å². The number of aliphatic carboxylic acids is 2. The van der Waals surface area contributed by atoms with Gasteiger partial charge in [0.25, 0.3) is 0 Å². The highest BCUT2D eigenvalue weighted by atomic mass is 16.4. The van der Waals surface area contributed by atoms with Crippen molar-refractivity contribution in [2.45, 2.75) is 64.7 Å². The second-order valence-corrected chi connectivity index (χ2v) is 5.53. The molecule has 0 aliphatic heterocycles. The highest BCUT2D eigenvalue weighted by molar-refractivity contribution is 5.67. The smallest absolute Gasteiger partial charge is 0.303 e. The lowest BCUT2D eigenvalue weighted by molar-refractivity contribution is -0.140. The van der Waals surface area contributed by atoms with Gasteiger partial charge in [0.2, 0.25) is 0 Å². The molecule has 0 amide bonds. The van der Waals surface area contributed by atoms with E-state index in [0.29, 0.717) is 18.8 Å².